The minimum absolute atomic E-state index is 0.125. The first-order chi connectivity index (χ1) is 6.71. The van der Waals surface area contributed by atoms with Crippen LogP contribution in [0.3, 0.4) is 0 Å². The summed E-state index contributed by atoms with van der Waals surface area (Å²) in [6.07, 6.45) is 3.15. The normalized spacial score (nSPS) is 27.1. The van der Waals surface area contributed by atoms with Gasteiger partial charge in [-0.15, -0.1) is 0 Å². The van der Waals surface area contributed by atoms with Crippen molar-refractivity contribution < 1.29 is 4.74 Å². The average Bonchev–Trinajstić information content (AvgIpc) is 2.19. The Morgan fingerprint density at radius 3 is 2.57 bits per heavy atom. The number of benzene rings is 1. The standard InChI is InChI=1S/C13H16O/c1-11-8-9-14-13(2,10-11)12-6-4-3-5-7-12/h3-8H,9-10H2,1-2H3. The van der Waals surface area contributed by atoms with Crippen LogP contribution in [0.25, 0.3) is 0 Å². The van der Waals surface area contributed by atoms with Gasteiger partial charge in [0.15, 0.2) is 0 Å². The van der Waals surface area contributed by atoms with E-state index in [2.05, 4.69) is 44.2 Å². The van der Waals surface area contributed by atoms with E-state index in [9.17, 15) is 0 Å². The molecule has 0 radical (unpaired) electrons. The average molecular weight is 188 g/mol. The van der Waals surface area contributed by atoms with Crippen molar-refractivity contribution in [2.45, 2.75) is 25.9 Å². The molecule has 0 saturated heterocycles. The van der Waals surface area contributed by atoms with E-state index in [1.807, 2.05) is 6.07 Å². The third kappa shape index (κ3) is 1.73. The summed E-state index contributed by atoms with van der Waals surface area (Å²) in [4.78, 5) is 0. The van der Waals surface area contributed by atoms with Gasteiger partial charge < -0.3 is 4.74 Å². The second kappa shape index (κ2) is 3.58. The van der Waals surface area contributed by atoms with Gasteiger partial charge in [0, 0.05) is 6.42 Å². The Morgan fingerprint density at radius 2 is 1.93 bits per heavy atom. The summed E-state index contributed by atoms with van der Waals surface area (Å²) in [5.41, 5.74) is 2.56. The molecule has 0 aliphatic carbocycles. The largest absolute Gasteiger partial charge is 0.366 e. The quantitative estimate of drug-likeness (QED) is 0.615. The monoisotopic (exact) mass is 188 g/mol. The molecule has 1 aliphatic heterocycles. The maximum atomic E-state index is 5.85. The van der Waals surface area contributed by atoms with E-state index in [1.54, 1.807) is 0 Å². The van der Waals surface area contributed by atoms with Gasteiger partial charge in [-0.1, -0.05) is 42.0 Å². The van der Waals surface area contributed by atoms with Crippen LogP contribution in [-0.4, -0.2) is 6.61 Å². The fourth-order valence-electron chi connectivity index (χ4n) is 2.00. The molecular weight excluding hydrogens is 172 g/mol. The van der Waals surface area contributed by atoms with Gasteiger partial charge in [0.1, 0.15) is 0 Å². The Labute approximate surface area is 85.4 Å². The smallest absolute Gasteiger partial charge is 0.0944 e. The molecule has 74 valence electrons. The maximum Gasteiger partial charge on any atom is 0.0944 e. The van der Waals surface area contributed by atoms with E-state index in [4.69, 9.17) is 4.74 Å². The predicted molar refractivity (Wildman–Crippen MR) is 58.1 cm³/mol. The van der Waals surface area contributed by atoms with Gasteiger partial charge >= 0.3 is 0 Å². The van der Waals surface area contributed by atoms with Crippen molar-refractivity contribution in [2.75, 3.05) is 6.61 Å². The van der Waals surface area contributed by atoms with Gasteiger partial charge in [-0.2, -0.15) is 0 Å². The summed E-state index contributed by atoms with van der Waals surface area (Å²) in [6.45, 7) is 5.07. The lowest BCUT2D eigenvalue weighted by Crippen LogP contribution is -2.29. The number of hydrogen-bond donors (Lipinski definition) is 0. The molecule has 0 fully saturated rings. The van der Waals surface area contributed by atoms with Gasteiger partial charge in [-0.05, 0) is 19.4 Å². The molecule has 1 aromatic rings. The van der Waals surface area contributed by atoms with Crippen molar-refractivity contribution in [2.24, 2.45) is 0 Å². The molecule has 0 saturated carbocycles. The number of ether oxygens (including phenoxy) is 1. The SMILES string of the molecule is CC1=CCOC(C)(c2ccccc2)C1. The molecule has 1 heterocycles. The van der Waals surface area contributed by atoms with Crippen LogP contribution in [-0.2, 0) is 10.3 Å². The van der Waals surface area contributed by atoms with Gasteiger partial charge in [0.2, 0.25) is 0 Å². The Hall–Kier alpha value is -1.08. The summed E-state index contributed by atoms with van der Waals surface area (Å²) >= 11 is 0. The van der Waals surface area contributed by atoms with Crippen molar-refractivity contribution in [1.29, 1.82) is 0 Å². The highest BCUT2D eigenvalue weighted by atomic mass is 16.5. The molecule has 1 unspecified atom stereocenters. The van der Waals surface area contributed by atoms with Crippen LogP contribution in [0.4, 0.5) is 0 Å². The van der Waals surface area contributed by atoms with E-state index in [0.29, 0.717) is 0 Å². The van der Waals surface area contributed by atoms with E-state index < -0.39 is 0 Å². The predicted octanol–water partition coefficient (Wildman–Crippen LogP) is 3.27. The van der Waals surface area contributed by atoms with Crippen molar-refractivity contribution >= 4 is 0 Å². The fourth-order valence-corrected chi connectivity index (χ4v) is 2.00. The van der Waals surface area contributed by atoms with Crippen LogP contribution in [0.2, 0.25) is 0 Å². The van der Waals surface area contributed by atoms with Crippen LogP contribution in [0.5, 0.6) is 0 Å². The van der Waals surface area contributed by atoms with Gasteiger partial charge in [0.25, 0.3) is 0 Å². The van der Waals surface area contributed by atoms with E-state index in [0.717, 1.165) is 13.0 Å². The maximum absolute atomic E-state index is 5.85. The molecule has 0 bridgehead atoms. The summed E-state index contributed by atoms with van der Waals surface area (Å²) < 4.78 is 5.85. The van der Waals surface area contributed by atoms with E-state index in [1.165, 1.54) is 11.1 Å². The molecule has 14 heavy (non-hydrogen) atoms. The zero-order valence-electron chi connectivity index (χ0n) is 8.79. The lowest BCUT2D eigenvalue weighted by Gasteiger charge is -2.33. The molecular formula is C13H16O. The molecule has 0 aromatic heterocycles. The Morgan fingerprint density at radius 1 is 1.21 bits per heavy atom. The minimum atomic E-state index is -0.125. The van der Waals surface area contributed by atoms with E-state index >= 15 is 0 Å². The van der Waals surface area contributed by atoms with Gasteiger partial charge in [-0.25, -0.2) is 0 Å². The van der Waals surface area contributed by atoms with Crippen molar-refractivity contribution in [1.82, 2.24) is 0 Å². The Balaban J connectivity index is 2.30. The summed E-state index contributed by atoms with van der Waals surface area (Å²) in [7, 11) is 0. The highest BCUT2D eigenvalue weighted by molar-refractivity contribution is 5.25. The molecule has 0 amide bonds. The Bertz CT molecular complexity index is 340. The topological polar surface area (TPSA) is 9.23 Å². The summed E-state index contributed by atoms with van der Waals surface area (Å²) in [5.74, 6) is 0. The molecule has 1 aliphatic rings. The van der Waals surface area contributed by atoms with Gasteiger partial charge in [-0.3, -0.25) is 0 Å². The van der Waals surface area contributed by atoms with Gasteiger partial charge in [0.05, 0.1) is 12.2 Å². The molecule has 1 aromatic carbocycles. The number of hydrogen-bond acceptors (Lipinski definition) is 1. The van der Waals surface area contributed by atoms with Crippen molar-refractivity contribution in [3.8, 4) is 0 Å². The molecule has 1 atom stereocenters. The van der Waals surface area contributed by atoms with Crippen molar-refractivity contribution in [3.05, 3.63) is 47.5 Å². The molecule has 1 nitrogen and oxygen atoms in total. The van der Waals surface area contributed by atoms with Crippen LogP contribution in [0.15, 0.2) is 42.0 Å². The first-order valence-electron chi connectivity index (χ1n) is 5.06. The second-order valence-electron chi connectivity index (χ2n) is 4.14. The minimum Gasteiger partial charge on any atom is -0.366 e. The molecule has 2 rings (SSSR count). The molecule has 0 spiro atoms. The molecule has 1 heteroatoms. The van der Waals surface area contributed by atoms with Crippen LogP contribution in [0.1, 0.15) is 25.8 Å². The fraction of sp³-hybridized carbons (Fsp3) is 0.385. The highest BCUT2D eigenvalue weighted by Gasteiger charge is 2.29. The zero-order valence-corrected chi connectivity index (χ0v) is 8.79. The third-order valence-electron chi connectivity index (χ3n) is 2.83. The Kier molecular flexibility index (Phi) is 2.42. The first kappa shape index (κ1) is 9.47. The second-order valence-corrected chi connectivity index (χ2v) is 4.14. The number of rotatable bonds is 1. The van der Waals surface area contributed by atoms with Crippen LogP contribution < -0.4 is 0 Å². The highest BCUT2D eigenvalue weighted by Crippen LogP contribution is 2.34. The van der Waals surface area contributed by atoms with Crippen LogP contribution >= 0.6 is 0 Å². The summed E-state index contributed by atoms with van der Waals surface area (Å²) in [5, 5.41) is 0. The molecule has 0 N–H and O–H groups in total. The van der Waals surface area contributed by atoms with Crippen LogP contribution in [0, 0.1) is 0 Å². The zero-order chi connectivity index (χ0) is 10.0. The lowest BCUT2D eigenvalue weighted by atomic mass is 9.87. The summed E-state index contributed by atoms with van der Waals surface area (Å²) in [6, 6.07) is 10.4. The lowest BCUT2D eigenvalue weighted by molar-refractivity contribution is -0.0293. The first-order valence-corrected chi connectivity index (χ1v) is 5.06. The van der Waals surface area contributed by atoms with E-state index in [-0.39, 0.29) is 5.60 Å². The third-order valence-corrected chi connectivity index (χ3v) is 2.83. The van der Waals surface area contributed by atoms with Crippen molar-refractivity contribution in [3.63, 3.8) is 0 Å².